The normalized spacial score (nSPS) is 16.1. The Morgan fingerprint density at radius 1 is 1.29 bits per heavy atom. The molecule has 0 spiro atoms. The number of hydroxylamine groups is 1. The second-order valence-corrected chi connectivity index (χ2v) is 4.92. The molecule has 2 rings (SSSR count). The van der Waals surface area contributed by atoms with Gasteiger partial charge >= 0.3 is 0 Å². The SMILES string of the molecule is O=C(NOC1CCCC1)c1ccc(Cl)cc1Cl. The fourth-order valence-corrected chi connectivity index (χ4v) is 2.37. The summed E-state index contributed by atoms with van der Waals surface area (Å²) in [5, 5.41) is 0.827. The molecule has 0 atom stereocenters. The molecule has 0 bridgehead atoms. The number of hydrogen-bond donors (Lipinski definition) is 1. The molecular formula is C12H13Cl2NO2. The Labute approximate surface area is 110 Å². The van der Waals surface area contributed by atoms with Crippen LogP contribution in [0.2, 0.25) is 10.0 Å². The Balaban J connectivity index is 1.94. The topological polar surface area (TPSA) is 38.3 Å². The monoisotopic (exact) mass is 273 g/mol. The highest BCUT2D eigenvalue weighted by Gasteiger charge is 2.18. The number of halogens is 2. The maximum atomic E-state index is 11.8. The molecule has 92 valence electrons. The first-order valence-electron chi connectivity index (χ1n) is 5.58. The van der Waals surface area contributed by atoms with Crippen LogP contribution in [0.4, 0.5) is 0 Å². The van der Waals surface area contributed by atoms with E-state index < -0.39 is 0 Å². The van der Waals surface area contributed by atoms with E-state index >= 15 is 0 Å². The molecular weight excluding hydrogens is 261 g/mol. The van der Waals surface area contributed by atoms with Crippen LogP contribution in [-0.4, -0.2) is 12.0 Å². The van der Waals surface area contributed by atoms with Crippen molar-refractivity contribution in [2.45, 2.75) is 31.8 Å². The molecule has 0 aliphatic heterocycles. The van der Waals surface area contributed by atoms with Gasteiger partial charge in [-0.3, -0.25) is 9.63 Å². The summed E-state index contributed by atoms with van der Waals surface area (Å²) < 4.78 is 0. The van der Waals surface area contributed by atoms with Crippen molar-refractivity contribution in [2.75, 3.05) is 0 Å². The number of rotatable bonds is 3. The summed E-state index contributed by atoms with van der Waals surface area (Å²) >= 11 is 11.7. The van der Waals surface area contributed by atoms with E-state index in [0.29, 0.717) is 15.6 Å². The first-order chi connectivity index (χ1) is 8.16. The van der Waals surface area contributed by atoms with Crippen molar-refractivity contribution in [1.82, 2.24) is 5.48 Å². The highest BCUT2D eigenvalue weighted by atomic mass is 35.5. The van der Waals surface area contributed by atoms with E-state index in [9.17, 15) is 4.79 Å². The van der Waals surface area contributed by atoms with Gasteiger partial charge in [0, 0.05) is 5.02 Å². The lowest BCUT2D eigenvalue weighted by Crippen LogP contribution is -2.28. The fraction of sp³-hybridized carbons (Fsp3) is 0.417. The molecule has 1 saturated carbocycles. The fourth-order valence-electron chi connectivity index (χ4n) is 1.87. The molecule has 0 heterocycles. The van der Waals surface area contributed by atoms with Crippen molar-refractivity contribution in [3.05, 3.63) is 33.8 Å². The van der Waals surface area contributed by atoms with Gasteiger partial charge in [-0.05, 0) is 31.0 Å². The zero-order valence-corrected chi connectivity index (χ0v) is 10.7. The van der Waals surface area contributed by atoms with Gasteiger partial charge in [0.05, 0.1) is 16.7 Å². The number of carbonyl (C=O) groups is 1. The third-order valence-corrected chi connectivity index (χ3v) is 3.34. The van der Waals surface area contributed by atoms with Crippen molar-refractivity contribution >= 4 is 29.1 Å². The zero-order chi connectivity index (χ0) is 12.3. The Kier molecular flexibility index (Phi) is 4.26. The molecule has 0 unspecified atom stereocenters. The van der Waals surface area contributed by atoms with Gasteiger partial charge in [-0.2, -0.15) is 0 Å². The Bertz CT molecular complexity index is 417. The minimum atomic E-state index is -0.335. The standard InChI is InChI=1S/C12H13Cl2NO2/c13-8-5-6-10(11(14)7-8)12(16)15-17-9-3-1-2-4-9/h5-7,9H,1-4H2,(H,15,16). The predicted molar refractivity (Wildman–Crippen MR) is 67.3 cm³/mol. The molecule has 1 N–H and O–H groups in total. The Morgan fingerprint density at radius 3 is 2.65 bits per heavy atom. The quantitative estimate of drug-likeness (QED) is 0.855. The van der Waals surface area contributed by atoms with Gasteiger partial charge in [0.1, 0.15) is 0 Å². The number of amides is 1. The van der Waals surface area contributed by atoms with Crippen molar-refractivity contribution < 1.29 is 9.63 Å². The van der Waals surface area contributed by atoms with Crippen molar-refractivity contribution in [3.63, 3.8) is 0 Å². The van der Waals surface area contributed by atoms with Crippen LogP contribution >= 0.6 is 23.2 Å². The smallest absolute Gasteiger partial charge is 0.270 e. The van der Waals surface area contributed by atoms with Crippen molar-refractivity contribution in [1.29, 1.82) is 0 Å². The van der Waals surface area contributed by atoms with Crippen LogP contribution in [0, 0.1) is 0 Å². The average molecular weight is 274 g/mol. The first-order valence-corrected chi connectivity index (χ1v) is 6.33. The third kappa shape index (κ3) is 3.35. The summed E-state index contributed by atoms with van der Waals surface area (Å²) in [7, 11) is 0. The van der Waals surface area contributed by atoms with Crippen molar-refractivity contribution in [2.24, 2.45) is 0 Å². The third-order valence-electron chi connectivity index (χ3n) is 2.80. The Hall–Kier alpha value is -0.770. The molecule has 0 radical (unpaired) electrons. The van der Waals surface area contributed by atoms with Gasteiger partial charge in [-0.1, -0.05) is 36.0 Å². The predicted octanol–water partition coefficient (Wildman–Crippen LogP) is 3.60. The van der Waals surface area contributed by atoms with E-state index in [1.807, 2.05) is 0 Å². The van der Waals surface area contributed by atoms with Gasteiger partial charge in [0.15, 0.2) is 0 Å². The Morgan fingerprint density at radius 2 is 2.00 bits per heavy atom. The molecule has 1 aromatic rings. The molecule has 1 aromatic carbocycles. The van der Waals surface area contributed by atoms with Gasteiger partial charge in [0.2, 0.25) is 0 Å². The highest BCUT2D eigenvalue weighted by molar-refractivity contribution is 6.36. The van der Waals surface area contributed by atoms with Crippen LogP contribution in [-0.2, 0) is 4.84 Å². The van der Waals surface area contributed by atoms with Crippen molar-refractivity contribution in [3.8, 4) is 0 Å². The number of carbonyl (C=O) groups excluding carboxylic acids is 1. The van der Waals surface area contributed by atoms with E-state index in [2.05, 4.69) is 5.48 Å². The second kappa shape index (κ2) is 5.71. The van der Waals surface area contributed by atoms with Crippen LogP contribution < -0.4 is 5.48 Å². The molecule has 3 nitrogen and oxygen atoms in total. The number of benzene rings is 1. The molecule has 17 heavy (non-hydrogen) atoms. The van der Waals surface area contributed by atoms with E-state index in [0.717, 1.165) is 25.7 Å². The highest BCUT2D eigenvalue weighted by Crippen LogP contribution is 2.22. The lowest BCUT2D eigenvalue weighted by Gasteiger charge is -2.11. The molecule has 1 fully saturated rings. The first kappa shape index (κ1) is 12.7. The zero-order valence-electron chi connectivity index (χ0n) is 9.21. The van der Waals surface area contributed by atoms with Gasteiger partial charge in [-0.15, -0.1) is 0 Å². The van der Waals surface area contributed by atoms with Gasteiger partial charge in [-0.25, -0.2) is 5.48 Å². The van der Waals surface area contributed by atoms with Crippen LogP contribution in [0.5, 0.6) is 0 Å². The summed E-state index contributed by atoms with van der Waals surface area (Å²) in [6.07, 6.45) is 4.43. The molecule has 0 aromatic heterocycles. The minimum absolute atomic E-state index is 0.130. The molecule has 1 aliphatic carbocycles. The molecule has 5 heteroatoms. The molecule has 1 amide bonds. The van der Waals surface area contributed by atoms with E-state index in [4.69, 9.17) is 28.0 Å². The summed E-state index contributed by atoms with van der Waals surface area (Å²) in [5.74, 6) is -0.335. The summed E-state index contributed by atoms with van der Waals surface area (Å²) in [4.78, 5) is 17.1. The van der Waals surface area contributed by atoms with Crippen LogP contribution in [0.25, 0.3) is 0 Å². The number of nitrogens with one attached hydrogen (secondary N) is 1. The number of hydrogen-bond acceptors (Lipinski definition) is 2. The average Bonchev–Trinajstić information content (AvgIpc) is 2.78. The van der Waals surface area contributed by atoms with E-state index in [1.54, 1.807) is 12.1 Å². The molecule has 1 aliphatic rings. The van der Waals surface area contributed by atoms with E-state index in [1.165, 1.54) is 6.07 Å². The molecule has 0 saturated heterocycles. The maximum absolute atomic E-state index is 11.8. The largest absolute Gasteiger partial charge is 0.276 e. The van der Waals surface area contributed by atoms with Crippen LogP contribution in [0.15, 0.2) is 18.2 Å². The van der Waals surface area contributed by atoms with Crippen LogP contribution in [0.3, 0.4) is 0 Å². The van der Waals surface area contributed by atoms with E-state index in [-0.39, 0.29) is 12.0 Å². The van der Waals surface area contributed by atoms with Crippen LogP contribution in [0.1, 0.15) is 36.0 Å². The lowest BCUT2D eigenvalue weighted by molar-refractivity contribution is -0.0124. The summed E-state index contributed by atoms with van der Waals surface area (Å²) in [6.45, 7) is 0. The maximum Gasteiger partial charge on any atom is 0.276 e. The van der Waals surface area contributed by atoms with Gasteiger partial charge in [0.25, 0.3) is 5.91 Å². The lowest BCUT2D eigenvalue weighted by atomic mass is 10.2. The second-order valence-electron chi connectivity index (χ2n) is 4.08. The summed E-state index contributed by atoms with van der Waals surface area (Å²) in [5.41, 5.74) is 2.80. The van der Waals surface area contributed by atoms with Gasteiger partial charge < -0.3 is 0 Å². The summed E-state index contributed by atoms with van der Waals surface area (Å²) in [6, 6.07) is 4.74. The minimum Gasteiger partial charge on any atom is -0.270 e.